The summed E-state index contributed by atoms with van der Waals surface area (Å²) in [6.45, 7) is 6.81. The highest BCUT2D eigenvalue weighted by Gasteiger charge is 2.22. The molecule has 0 radical (unpaired) electrons. The van der Waals surface area contributed by atoms with Gasteiger partial charge in [-0.2, -0.15) is 0 Å². The number of phenolic OH excluding ortho intramolecular Hbond substituents is 1. The number of carbonyl (C=O) groups is 1. The first kappa shape index (κ1) is 27.6. The largest absolute Gasteiger partial charge is 0.508 e. The second-order valence-electron chi connectivity index (χ2n) is 10.6. The highest BCUT2D eigenvalue weighted by molar-refractivity contribution is 5.95. The molecule has 0 aromatic heterocycles. The maximum atomic E-state index is 13.3. The van der Waals surface area contributed by atoms with Crippen LogP contribution in [0.4, 0.5) is 5.69 Å². The molecule has 0 unspecified atom stereocenters. The molecule has 0 saturated heterocycles. The molecule has 1 amide bonds. The molecule has 3 aromatic carbocycles. The van der Waals surface area contributed by atoms with Crippen LogP contribution in [0.2, 0.25) is 0 Å². The van der Waals surface area contributed by atoms with E-state index in [0.29, 0.717) is 42.8 Å². The summed E-state index contributed by atoms with van der Waals surface area (Å²) in [6, 6.07) is 21.8. The summed E-state index contributed by atoms with van der Waals surface area (Å²) in [5.41, 5.74) is 10.7. The molecular formula is C31H37N3O3. The van der Waals surface area contributed by atoms with Crippen molar-refractivity contribution in [1.82, 2.24) is 10.6 Å². The standard InChI is InChI=1S/C31H37N3O3/c1-31(2,3)21-33-29(20-35)28(18-12-22-7-5-4-6-8-22)34-30(37)25-14-17-27(32)24(19-25)13-9-23-10-15-26(36)16-11-23/h4-8,10-11,14-17,19,28,33,36H,9,12-13,18,21,32H2,1-3H3,(H,34,37)/t28-/m0/s1. The number of aryl methyl sites for hydroxylation is 3. The SMILES string of the molecule is CC(C)(C)CNC(=C=O)[C@H](CCc1ccccc1)NC(=O)c1ccc(N)c(CCc2ccc(O)cc2)c1. The van der Waals surface area contributed by atoms with Gasteiger partial charge in [0, 0.05) is 17.8 Å². The van der Waals surface area contributed by atoms with Crippen LogP contribution in [0.25, 0.3) is 0 Å². The van der Waals surface area contributed by atoms with Crippen molar-refractivity contribution in [2.45, 2.75) is 52.5 Å². The topological polar surface area (TPSA) is 104 Å². The van der Waals surface area contributed by atoms with Gasteiger partial charge in [-0.3, -0.25) is 4.79 Å². The summed E-state index contributed by atoms with van der Waals surface area (Å²) in [5, 5.41) is 15.7. The Morgan fingerprint density at radius 2 is 1.62 bits per heavy atom. The Balaban J connectivity index is 1.75. The summed E-state index contributed by atoms with van der Waals surface area (Å²) in [6.07, 6.45) is 2.64. The molecule has 0 fully saturated rings. The molecule has 0 heterocycles. The number of nitrogens with one attached hydrogen (secondary N) is 2. The first-order chi connectivity index (χ1) is 17.6. The van der Waals surface area contributed by atoms with Crippen molar-refractivity contribution in [2.75, 3.05) is 12.3 Å². The minimum absolute atomic E-state index is 0.0422. The van der Waals surface area contributed by atoms with Crippen molar-refractivity contribution in [2.24, 2.45) is 5.41 Å². The Labute approximate surface area is 219 Å². The lowest BCUT2D eigenvalue weighted by molar-refractivity contribution is 0.0940. The predicted molar refractivity (Wildman–Crippen MR) is 149 cm³/mol. The van der Waals surface area contributed by atoms with Crippen LogP contribution in [-0.2, 0) is 24.1 Å². The zero-order chi connectivity index (χ0) is 26.8. The van der Waals surface area contributed by atoms with Crippen molar-refractivity contribution in [3.63, 3.8) is 0 Å². The monoisotopic (exact) mass is 499 g/mol. The second-order valence-corrected chi connectivity index (χ2v) is 10.6. The molecule has 1 atom stereocenters. The first-order valence-electron chi connectivity index (χ1n) is 12.6. The molecule has 194 valence electrons. The lowest BCUT2D eigenvalue weighted by Crippen LogP contribution is -2.42. The Bertz CT molecular complexity index is 1220. The first-order valence-corrected chi connectivity index (χ1v) is 12.6. The van der Waals surface area contributed by atoms with Gasteiger partial charge in [-0.1, -0.05) is 63.2 Å². The van der Waals surface area contributed by atoms with Gasteiger partial charge in [-0.15, -0.1) is 0 Å². The molecule has 0 aliphatic carbocycles. The molecule has 5 N–H and O–H groups in total. The number of aromatic hydroxyl groups is 1. The van der Waals surface area contributed by atoms with Crippen molar-refractivity contribution in [3.05, 3.63) is 101 Å². The van der Waals surface area contributed by atoms with Gasteiger partial charge in [0.05, 0.1) is 6.04 Å². The van der Waals surface area contributed by atoms with Gasteiger partial charge in [-0.05, 0) is 78.1 Å². The molecule has 3 rings (SSSR count). The lowest BCUT2D eigenvalue weighted by Gasteiger charge is -2.25. The second kappa shape index (κ2) is 12.8. The molecule has 6 heteroatoms. The van der Waals surface area contributed by atoms with Crippen LogP contribution in [0.5, 0.6) is 5.75 Å². The van der Waals surface area contributed by atoms with Crippen molar-refractivity contribution in [1.29, 1.82) is 0 Å². The maximum absolute atomic E-state index is 13.3. The fourth-order valence-electron chi connectivity index (χ4n) is 3.98. The lowest BCUT2D eigenvalue weighted by atomic mass is 9.96. The van der Waals surface area contributed by atoms with E-state index in [-0.39, 0.29) is 17.1 Å². The van der Waals surface area contributed by atoms with E-state index in [1.165, 1.54) is 0 Å². The van der Waals surface area contributed by atoms with Crippen LogP contribution < -0.4 is 16.4 Å². The van der Waals surface area contributed by atoms with Gasteiger partial charge in [0.25, 0.3) is 5.91 Å². The van der Waals surface area contributed by atoms with Crippen LogP contribution in [0.15, 0.2) is 78.5 Å². The zero-order valence-electron chi connectivity index (χ0n) is 21.9. The van der Waals surface area contributed by atoms with Crippen molar-refractivity contribution in [3.8, 4) is 5.75 Å². The number of carbonyl (C=O) groups excluding carboxylic acids is 2. The minimum Gasteiger partial charge on any atom is -0.508 e. The van der Waals surface area contributed by atoms with E-state index in [0.717, 1.165) is 23.1 Å². The fraction of sp³-hybridized carbons (Fsp3) is 0.323. The van der Waals surface area contributed by atoms with E-state index in [1.807, 2.05) is 54.5 Å². The number of phenols is 1. The van der Waals surface area contributed by atoms with Crippen LogP contribution in [0, 0.1) is 5.41 Å². The van der Waals surface area contributed by atoms with Crippen LogP contribution in [-0.4, -0.2) is 29.5 Å². The van der Waals surface area contributed by atoms with Crippen LogP contribution >= 0.6 is 0 Å². The Morgan fingerprint density at radius 3 is 2.27 bits per heavy atom. The average molecular weight is 500 g/mol. The van der Waals surface area contributed by atoms with E-state index in [4.69, 9.17) is 5.73 Å². The van der Waals surface area contributed by atoms with Gasteiger partial charge >= 0.3 is 0 Å². The van der Waals surface area contributed by atoms with Gasteiger partial charge in [0.15, 0.2) is 0 Å². The molecule has 3 aromatic rings. The number of nitrogen functional groups attached to an aromatic ring is 1. The smallest absolute Gasteiger partial charge is 0.251 e. The number of anilines is 1. The predicted octanol–water partition coefficient (Wildman–Crippen LogP) is 4.84. The summed E-state index contributed by atoms with van der Waals surface area (Å²) in [7, 11) is 0. The Kier molecular flexibility index (Phi) is 9.53. The number of rotatable bonds is 11. The summed E-state index contributed by atoms with van der Waals surface area (Å²) in [5.74, 6) is 1.99. The summed E-state index contributed by atoms with van der Waals surface area (Å²) >= 11 is 0. The van der Waals surface area contributed by atoms with Gasteiger partial charge in [0.2, 0.25) is 0 Å². The van der Waals surface area contributed by atoms with Crippen molar-refractivity contribution >= 4 is 17.5 Å². The third-order valence-corrected chi connectivity index (χ3v) is 6.16. The van der Waals surface area contributed by atoms with Crippen LogP contribution in [0.3, 0.4) is 0 Å². The van der Waals surface area contributed by atoms with E-state index < -0.39 is 6.04 Å². The molecule has 37 heavy (non-hydrogen) atoms. The quantitative estimate of drug-likeness (QED) is 0.223. The van der Waals surface area contributed by atoms with E-state index in [2.05, 4.69) is 31.4 Å². The van der Waals surface area contributed by atoms with E-state index in [9.17, 15) is 14.7 Å². The molecule has 0 saturated carbocycles. The van der Waals surface area contributed by atoms with Gasteiger partial charge in [0.1, 0.15) is 17.4 Å². The van der Waals surface area contributed by atoms with Crippen LogP contribution in [0.1, 0.15) is 54.2 Å². The molecule has 0 spiro atoms. The number of benzene rings is 3. The summed E-state index contributed by atoms with van der Waals surface area (Å²) in [4.78, 5) is 25.2. The number of amides is 1. The fourth-order valence-corrected chi connectivity index (χ4v) is 3.98. The van der Waals surface area contributed by atoms with Gasteiger partial charge < -0.3 is 21.5 Å². The maximum Gasteiger partial charge on any atom is 0.251 e. The zero-order valence-corrected chi connectivity index (χ0v) is 21.9. The molecule has 0 aliphatic heterocycles. The molecule has 0 aliphatic rings. The number of nitrogens with two attached hydrogens (primary N) is 1. The third-order valence-electron chi connectivity index (χ3n) is 6.16. The molecule has 6 nitrogen and oxygen atoms in total. The summed E-state index contributed by atoms with van der Waals surface area (Å²) < 4.78 is 0. The van der Waals surface area contributed by atoms with Crippen molar-refractivity contribution < 1.29 is 14.7 Å². The normalized spacial score (nSPS) is 11.9. The van der Waals surface area contributed by atoms with Gasteiger partial charge in [-0.25, -0.2) is 4.79 Å². The van der Waals surface area contributed by atoms with E-state index >= 15 is 0 Å². The molecule has 0 bridgehead atoms. The molecular weight excluding hydrogens is 462 g/mol. The Hall–Kier alpha value is -4.02. The highest BCUT2D eigenvalue weighted by Crippen LogP contribution is 2.19. The number of hydrogen-bond donors (Lipinski definition) is 4. The highest BCUT2D eigenvalue weighted by atomic mass is 16.3. The average Bonchev–Trinajstić information content (AvgIpc) is 2.87. The van der Waals surface area contributed by atoms with E-state index in [1.54, 1.807) is 24.3 Å². The third kappa shape index (κ3) is 8.85. The Morgan fingerprint density at radius 1 is 0.946 bits per heavy atom. The number of hydrogen-bond acceptors (Lipinski definition) is 5. The minimum atomic E-state index is -0.509.